The minimum Gasteiger partial charge on any atom is -0.360 e. The molecule has 2 N–H and O–H groups in total. The largest absolute Gasteiger partial charge is 0.360 e. The van der Waals surface area contributed by atoms with Gasteiger partial charge in [-0.25, -0.2) is 16.8 Å². The van der Waals surface area contributed by atoms with Gasteiger partial charge in [-0.05, 0) is 68.3 Å². The van der Waals surface area contributed by atoms with Crippen LogP contribution >= 0.6 is 0 Å². The van der Waals surface area contributed by atoms with Crippen molar-refractivity contribution in [1.29, 1.82) is 0 Å². The Morgan fingerprint density at radius 3 is 2.00 bits per heavy atom. The summed E-state index contributed by atoms with van der Waals surface area (Å²) in [5, 5.41) is 6.27. The zero-order chi connectivity index (χ0) is 25.6. The molecule has 3 aromatic rings. The molecular formula is C23H28N4O6S2. The van der Waals surface area contributed by atoms with Gasteiger partial charge in [-0.3, -0.25) is 9.52 Å². The Kier molecular flexibility index (Phi) is 8.30. The van der Waals surface area contributed by atoms with Gasteiger partial charge in [0.1, 0.15) is 5.76 Å². The van der Waals surface area contributed by atoms with Crippen molar-refractivity contribution in [3.05, 3.63) is 65.9 Å². The van der Waals surface area contributed by atoms with Gasteiger partial charge >= 0.3 is 0 Å². The molecule has 3 rings (SSSR count). The average molecular weight is 521 g/mol. The second-order valence-corrected chi connectivity index (χ2v) is 11.5. The van der Waals surface area contributed by atoms with E-state index in [2.05, 4.69) is 15.2 Å². The fraction of sp³-hybridized carbons (Fsp3) is 0.304. The predicted molar refractivity (Wildman–Crippen MR) is 132 cm³/mol. The monoisotopic (exact) mass is 520 g/mol. The Morgan fingerprint density at radius 2 is 1.49 bits per heavy atom. The highest BCUT2D eigenvalue weighted by Gasteiger charge is 2.23. The lowest BCUT2D eigenvalue weighted by Crippen LogP contribution is -2.32. The molecule has 0 radical (unpaired) electrons. The van der Waals surface area contributed by atoms with Gasteiger partial charge in [-0.15, -0.1) is 0 Å². The van der Waals surface area contributed by atoms with Gasteiger partial charge in [0.05, 0.1) is 9.79 Å². The SMILES string of the molecule is CCCN(CCC)S(=O)(=O)c1ccc(C(=O)Nc2ccc(S(=O)(=O)Nc3cc(C)on3)cc2)cc1. The second kappa shape index (κ2) is 11.0. The molecule has 0 aliphatic carbocycles. The van der Waals surface area contributed by atoms with E-state index < -0.39 is 26.0 Å². The second-order valence-electron chi connectivity index (χ2n) is 7.84. The van der Waals surface area contributed by atoms with Crippen LogP contribution in [0.1, 0.15) is 42.8 Å². The third-order valence-corrected chi connectivity index (χ3v) is 8.27. The maximum Gasteiger partial charge on any atom is 0.263 e. The molecule has 1 aromatic heterocycles. The zero-order valence-electron chi connectivity index (χ0n) is 19.7. The highest BCUT2D eigenvalue weighted by atomic mass is 32.2. The molecule has 1 heterocycles. The number of aryl methyl sites for hydroxylation is 1. The van der Waals surface area contributed by atoms with E-state index in [0.717, 1.165) is 0 Å². The quantitative estimate of drug-likeness (QED) is 0.391. The van der Waals surface area contributed by atoms with Gasteiger partial charge in [-0.2, -0.15) is 4.31 Å². The smallest absolute Gasteiger partial charge is 0.263 e. The summed E-state index contributed by atoms with van der Waals surface area (Å²) < 4.78 is 59.3. The maximum atomic E-state index is 12.9. The van der Waals surface area contributed by atoms with Crippen LogP contribution in [0.3, 0.4) is 0 Å². The molecule has 1 amide bonds. The van der Waals surface area contributed by atoms with Crippen molar-refractivity contribution in [3.63, 3.8) is 0 Å². The van der Waals surface area contributed by atoms with Crippen LogP contribution in [-0.2, 0) is 20.0 Å². The van der Waals surface area contributed by atoms with Gasteiger partial charge in [0, 0.05) is 30.4 Å². The van der Waals surface area contributed by atoms with Crippen LogP contribution in [0.2, 0.25) is 0 Å². The summed E-state index contributed by atoms with van der Waals surface area (Å²) in [6.45, 7) is 6.33. The van der Waals surface area contributed by atoms with E-state index in [0.29, 0.717) is 37.4 Å². The highest BCUT2D eigenvalue weighted by Crippen LogP contribution is 2.20. The molecule has 10 nitrogen and oxygen atoms in total. The summed E-state index contributed by atoms with van der Waals surface area (Å²) in [6, 6.07) is 12.8. The van der Waals surface area contributed by atoms with Crippen molar-refractivity contribution in [2.75, 3.05) is 23.1 Å². The van der Waals surface area contributed by atoms with Crippen molar-refractivity contribution in [2.24, 2.45) is 0 Å². The summed E-state index contributed by atoms with van der Waals surface area (Å²) in [7, 11) is -7.52. The Balaban J connectivity index is 1.69. The van der Waals surface area contributed by atoms with Crippen molar-refractivity contribution < 1.29 is 26.2 Å². The first-order valence-electron chi connectivity index (χ1n) is 11.0. The predicted octanol–water partition coefficient (Wildman–Crippen LogP) is 3.85. The molecule has 0 spiro atoms. The van der Waals surface area contributed by atoms with Gasteiger partial charge in [-0.1, -0.05) is 19.0 Å². The molecule has 0 bridgehead atoms. The molecule has 0 saturated carbocycles. The zero-order valence-corrected chi connectivity index (χ0v) is 21.3. The number of amides is 1. The molecule has 35 heavy (non-hydrogen) atoms. The van der Waals surface area contributed by atoms with Crippen molar-refractivity contribution in [2.45, 2.75) is 43.4 Å². The Hall–Kier alpha value is -3.22. The normalized spacial score (nSPS) is 12.0. The summed E-state index contributed by atoms with van der Waals surface area (Å²) in [5.41, 5.74) is 0.640. The molecule has 2 aromatic carbocycles. The minimum atomic E-state index is -3.88. The summed E-state index contributed by atoms with van der Waals surface area (Å²) in [6.07, 6.45) is 1.41. The molecular weight excluding hydrogens is 492 g/mol. The van der Waals surface area contributed by atoms with Crippen molar-refractivity contribution in [3.8, 4) is 0 Å². The number of hydrogen-bond acceptors (Lipinski definition) is 7. The maximum absolute atomic E-state index is 12.9. The van der Waals surface area contributed by atoms with Crippen LogP contribution in [0, 0.1) is 6.92 Å². The first-order chi connectivity index (χ1) is 16.6. The summed E-state index contributed by atoms with van der Waals surface area (Å²) >= 11 is 0. The Labute approximate surface area is 205 Å². The summed E-state index contributed by atoms with van der Waals surface area (Å²) in [4.78, 5) is 12.7. The third kappa shape index (κ3) is 6.47. The van der Waals surface area contributed by atoms with Crippen LogP contribution in [0.25, 0.3) is 0 Å². The molecule has 0 saturated heterocycles. The standard InChI is InChI=1S/C23H28N4O6S2/c1-4-14-27(15-5-2)35(31,32)21-10-6-18(7-11-21)23(28)24-19-8-12-20(13-9-19)34(29,30)26-22-16-17(3)33-25-22/h6-13,16H,4-5,14-15H2,1-3H3,(H,24,28)(H,25,26). The number of anilines is 2. The fourth-order valence-corrected chi connectivity index (χ4v) is 5.92. The number of carbonyl (C=O) groups is 1. The fourth-order valence-electron chi connectivity index (χ4n) is 3.31. The van der Waals surface area contributed by atoms with E-state index in [-0.39, 0.29) is 21.2 Å². The molecule has 0 unspecified atom stereocenters. The van der Waals surface area contributed by atoms with E-state index in [1.54, 1.807) is 6.92 Å². The molecule has 188 valence electrons. The lowest BCUT2D eigenvalue weighted by Gasteiger charge is -2.21. The van der Waals surface area contributed by atoms with Crippen LogP contribution in [0.15, 0.2) is 68.9 Å². The number of nitrogens with one attached hydrogen (secondary N) is 2. The number of sulfonamides is 2. The van der Waals surface area contributed by atoms with Crippen LogP contribution in [0.5, 0.6) is 0 Å². The van der Waals surface area contributed by atoms with E-state index in [1.165, 1.54) is 58.9 Å². The van der Waals surface area contributed by atoms with Gasteiger partial charge in [0.25, 0.3) is 15.9 Å². The topological polar surface area (TPSA) is 139 Å². The van der Waals surface area contributed by atoms with Gasteiger partial charge in [0.2, 0.25) is 10.0 Å². The van der Waals surface area contributed by atoms with Gasteiger partial charge in [0.15, 0.2) is 5.82 Å². The molecule has 12 heteroatoms. The van der Waals surface area contributed by atoms with Crippen LogP contribution in [-0.4, -0.2) is 45.3 Å². The number of carbonyl (C=O) groups excluding carboxylic acids is 1. The van der Waals surface area contributed by atoms with Gasteiger partial charge < -0.3 is 9.84 Å². The van der Waals surface area contributed by atoms with E-state index >= 15 is 0 Å². The molecule has 0 aliphatic rings. The van der Waals surface area contributed by atoms with E-state index in [4.69, 9.17) is 4.52 Å². The molecule has 0 fully saturated rings. The van der Waals surface area contributed by atoms with Crippen LogP contribution in [0.4, 0.5) is 11.5 Å². The Bertz CT molecular complexity index is 1360. The minimum absolute atomic E-state index is 0.0191. The lowest BCUT2D eigenvalue weighted by molar-refractivity contribution is 0.102. The van der Waals surface area contributed by atoms with Crippen LogP contribution < -0.4 is 10.0 Å². The lowest BCUT2D eigenvalue weighted by atomic mass is 10.2. The van der Waals surface area contributed by atoms with Crippen molar-refractivity contribution >= 4 is 37.5 Å². The highest BCUT2D eigenvalue weighted by molar-refractivity contribution is 7.92. The molecule has 0 atom stereocenters. The average Bonchev–Trinajstić information content (AvgIpc) is 3.23. The number of benzene rings is 2. The van der Waals surface area contributed by atoms with E-state index in [9.17, 15) is 21.6 Å². The first-order valence-corrected chi connectivity index (χ1v) is 14.0. The first kappa shape index (κ1) is 26.4. The van der Waals surface area contributed by atoms with Crippen molar-refractivity contribution in [1.82, 2.24) is 9.46 Å². The number of rotatable bonds is 11. The third-order valence-electron chi connectivity index (χ3n) is 4.99. The Morgan fingerprint density at radius 1 is 0.914 bits per heavy atom. The number of nitrogens with zero attached hydrogens (tertiary/aromatic N) is 2. The van der Waals surface area contributed by atoms with E-state index in [1.807, 2.05) is 13.8 Å². The summed E-state index contributed by atoms with van der Waals surface area (Å²) in [5.74, 6) is 0.0724. The number of hydrogen-bond donors (Lipinski definition) is 2. The number of aromatic nitrogens is 1. The molecule has 0 aliphatic heterocycles.